The standard InChI is InChI=1S/C23H26FNO4/c1-5-28-20(26)23(17-10-12-18(24)13-11-17)15-14-16-8-6-7-9-19(16)25(23)21(27)29-22(2,3)4/h6-13H,5,14-15H2,1-4H3/t23-/m0/s1. The first-order valence-electron chi connectivity index (χ1n) is 9.73. The number of halogens is 1. The fraction of sp³-hybridized carbons (Fsp3) is 0.391. The van der Waals surface area contributed by atoms with Crippen LogP contribution in [0.3, 0.4) is 0 Å². The summed E-state index contributed by atoms with van der Waals surface area (Å²) in [5.41, 5.74) is -0.198. The van der Waals surface area contributed by atoms with Gasteiger partial charge in [0.25, 0.3) is 0 Å². The molecule has 3 rings (SSSR count). The Hall–Kier alpha value is -2.89. The number of nitrogens with zero attached hydrogens (tertiary/aromatic N) is 1. The van der Waals surface area contributed by atoms with Gasteiger partial charge in [-0.15, -0.1) is 0 Å². The van der Waals surface area contributed by atoms with Gasteiger partial charge in [0, 0.05) is 0 Å². The molecule has 0 N–H and O–H groups in total. The van der Waals surface area contributed by atoms with E-state index in [1.165, 1.54) is 29.2 Å². The van der Waals surface area contributed by atoms with Gasteiger partial charge in [0.05, 0.1) is 12.3 Å². The zero-order chi connectivity index (χ0) is 21.2. The summed E-state index contributed by atoms with van der Waals surface area (Å²) in [7, 11) is 0. The Balaban J connectivity index is 2.24. The van der Waals surface area contributed by atoms with E-state index < -0.39 is 29.0 Å². The van der Waals surface area contributed by atoms with Crippen molar-refractivity contribution >= 4 is 17.7 Å². The van der Waals surface area contributed by atoms with Crippen LogP contribution in [0, 0.1) is 5.82 Å². The molecule has 1 aliphatic heterocycles. The largest absolute Gasteiger partial charge is 0.464 e. The minimum absolute atomic E-state index is 0.158. The molecule has 2 aromatic rings. The molecule has 0 bridgehead atoms. The summed E-state index contributed by atoms with van der Waals surface area (Å²) in [4.78, 5) is 28.1. The predicted octanol–water partition coefficient (Wildman–Crippen LogP) is 4.97. The number of anilines is 1. The maximum absolute atomic E-state index is 13.6. The summed E-state index contributed by atoms with van der Waals surface area (Å²) >= 11 is 0. The number of carbonyl (C=O) groups is 2. The van der Waals surface area contributed by atoms with E-state index in [4.69, 9.17) is 9.47 Å². The van der Waals surface area contributed by atoms with Crippen LogP contribution in [0.4, 0.5) is 14.9 Å². The zero-order valence-corrected chi connectivity index (χ0v) is 17.2. The molecule has 0 aromatic heterocycles. The van der Waals surface area contributed by atoms with Gasteiger partial charge in [-0.05, 0) is 69.9 Å². The predicted molar refractivity (Wildman–Crippen MR) is 108 cm³/mol. The van der Waals surface area contributed by atoms with E-state index >= 15 is 0 Å². The van der Waals surface area contributed by atoms with Crippen LogP contribution in [0.25, 0.3) is 0 Å². The third kappa shape index (κ3) is 3.97. The molecule has 0 spiro atoms. The van der Waals surface area contributed by atoms with E-state index in [2.05, 4.69) is 0 Å². The number of amides is 1. The van der Waals surface area contributed by atoms with Gasteiger partial charge in [0.1, 0.15) is 11.4 Å². The van der Waals surface area contributed by atoms with Crippen LogP contribution in [0.5, 0.6) is 0 Å². The lowest BCUT2D eigenvalue weighted by Gasteiger charge is -2.45. The SMILES string of the molecule is CCOC(=O)[C@@]1(c2ccc(F)cc2)CCc2ccccc2N1C(=O)OC(C)(C)C. The van der Waals surface area contributed by atoms with Crippen molar-refractivity contribution in [3.05, 3.63) is 65.5 Å². The quantitative estimate of drug-likeness (QED) is 0.684. The molecular weight excluding hydrogens is 373 g/mol. The summed E-state index contributed by atoms with van der Waals surface area (Å²) in [6.07, 6.45) is 0.210. The molecule has 0 aliphatic carbocycles. The van der Waals surface area contributed by atoms with Crippen molar-refractivity contribution in [1.82, 2.24) is 0 Å². The summed E-state index contributed by atoms with van der Waals surface area (Å²) in [5.74, 6) is -0.986. The summed E-state index contributed by atoms with van der Waals surface area (Å²) < 4.78 is 24.7. The smallest absolute Gasteiger partial charge is 0.416 e. The van der Waals surface area contributed by atoms with Crippen LogP contribution in [-0.2, 0) is 26.2 Å². The molecule has 1 amide bonds. The van der Waals surface area contributed by atoms with Crippen LogP contribution in [0.15, 0.2) is 48.5 Å². The molecule has 1 aliphatic rings. The molecule has 0 saturated carbocycles. The van der Waals surface area contributed by atoms with Crippen molar-refractivity contribution in [3.8, 4) is 0 Å². The number of benzene rings is 2. The number of hydrogen-bond donors (Lipinski definition) is 0. The topological polar surface area (TPSA) is 55.8 Å². The third-order valence-electron chi connectivity index (χ3n) is 4.88. The molecule has 154 valence electrons. The zero-order valence-electron chi connectivity index (χ0n) is 17.2. The molecule has 1 atom stereocenters. The Kier molecular flexibility index (Phi) is 5.64. The average molecular weight is 399 g/mol. The minimum atomic E-state index is -1.44. The van der Waals surface area contributed by atoms with E-state index in [1.54, 1.807) is 33.8 Å². The van der Waals surface area contributed by atoms with E-state index in [0.29, 0.717) is 24.1 Å². The van der Waals surface area contributed by atoms with Gasteiger partial charge in [-0.2, -0.15) is 0 Å². The first-order valence-corrected chi connectivity index (χ1v) is 9.73. The van der Waals surface area contributed by atoms with Crippen molar-refractivity contribution < 1.29 is 23.5 Å². The molecule has 0 unspecified atom stereocenters. The second-order valence-electron chi connectivity index (χ2n) is 8.03. The highest BCUT2D eigenvalue weighted by Gasteiger charge is 2.53. The third-order valence-corrected chi connectivity index (χ3v) is 4.88. The Labute approximate surface area is 170 Å². The monoisotopic (exact) mass is 399 g/mol. The molecular formula is C23H26FNO4. The molecule has 0 fully saturated rings. The first kappa shape index (κ1) is 20.8. The number of ether oxygens (including phenoxy) is 2. The molecule has 1 heterocycles. The van der Waals surface area contributed by atoms with Gasteiger partial charge in [-0.1, -0.05) is 30.3 Å². The Morgan fingerprint density at radius 2 is 1.76 bits per heavy atom. The van der Waals surface area contributed by atoms with Crippen molar-refractivity contribution in [2.24, 2.45) is 0 Å². The minimum Gasteiger partial charge on any atom is -0.464 e. The van der Waals surface area contributed by atoms with Crippen molar-refractivity contribution in [2.75, 3.05) is 11.5 Å². The van der Waals surface area contributed by atoms with Crippen molar-refractivity contribution in [3.63, 3.8) is 0 Å². The van der Waals surface area contributed by atoms with Gasteiger partial charge in [0.15, 0.2) is 5.54 Å². The number of rotatable bonds is 3. The molecule has 0 saturated heterocycles. The van der Waals surface area contributed by atoms with Crippen molar-refractivity contribution in [2.45, 2.75) is 51.7 Å². The van der Waals surface area contributed by atoms with Crippen LogP contribution in [0.2, 0.25) is 0 Å². The lowest BCUT2D eigenvalue weighted by molar-refractivity contribution is -0.150. The molecule has 2 aromatic carbocycles. The van der Waals surface area contributed by atoms with Gasteiger partial charge >= 0.3 is 12.1 Å². The second kappa shape index (κ2) is 7.85. The fourth-order valence-corrected chi connectivity index (χ4v) is 3.70. The second-order valence-corrected chi connectivity index (χ2v) is 8.03. The molecule has 29 heavy (non-hydrogen) atoms. The lowest BCUT2D eigenvalue weighted by Crippen LogP contribution is -2.59. The van der Waals surface area contributed by atoms with Crippen LogP contribution in [-0.4, -0.2) is 24.3 Å². The maximum Gasteiger partial charge on any atom is 0.416 e. The van der Waals surface area contributed by atoms with Gasteiger partial charge in [-0.25, -0.2) is 14.0 Å². The van der Waals surface area contributed by atoms with Crippen LogP contribution in [0.1, 0.15) is 45.2 Å². The number of esters is 1. The average Bonchev–Trinajstić information content (AvgIpc) is 2.66. The summed E-state index contributed by atoms with van der Waals surface area (Å²) in [6.45, 7) is 7.18. The van der Waals surface area contributed by atoms with Gasteiger partial charge in [0.2, 0.25) is 0 Å². The molecule has 6 heteroatoms. The molecule has 0 radical (unpaired) electrons. The number of para-hydroxylation sites is 1. The van der Waals surface area contributed by atoms with Gasteiger partial charge < -0.3 is 9.47 Å². The summed E-state index contributed by atoms with van der Waals surface area (Å²) in [6, 6.07) is 13.0. The highest BCUT2D eigenvalue weighted by Crippen LogP contribution is 2.45. The maximum atomic E-state index is 13.6. The first-order chi connectivity index (χ1) is 13.7. The number of fused-ring (bicyclic) bond motifs is 1. The van der Waals surface area contributed by atoms with E-state index in [9.17, 15) is 14.0 Å². The number of aryl methyl sites for hydroxylation is 1. The highest BCUT2D eigenvalue weighted by molar-refractivity contribution is 6.01. The normalized spacial score (nSPS) is 18.7. The Morgan fingerprint density at radius 3 is 2.38 bits per heavy atom. The van der Waals surface area contributed by atoms with Crippen LogP contribution >= 0.6 is 0 Å². The number of carbonyl (C=O) groups excluding carboxylic acids is 2. The van der Waals surface area contributed by atoms with E-state index in [0.717, 1.165) is 5.56 Å². The van der Waals surface area contributed by atoms with Gasteiger partial charge in [-0.3, -0.25) is 4.90 Å². The van der Waals surface area contributed by atoms with E-state index in [-0.39, 0.29) is 6.61 Å². The number of hydrogen-bond acceptors (Lipinski definition) is 4. The highest BCUT2D eigenvalue weighted by atomic mass is 19.1. The van der Waals surface area contributed by atoms with Crippen LogP contribution < -0.4 is 4.90 Å². The fourth-order valence-electron chi connectivity index (χ4n) is 3.70. The van der Waals surface area contributed by atoms with E-state index in [1.807, 2.05) is 18.2 Å². The lowest BCUT2D eigenvalue weighted by atomic mass is 9.78. The summed E-state index contributed by atoms with van der Waals surface area (Å²) in [5, 5.41) is 0. The van der Waals surface area contributed by atoms with Crippen molar-refractivity contribution in [1.29, 1.82) is 0 Å². The Morgan fingerprint density at radius 1 is 1.10 bits per heavy atom. The Bertz CT molecular complexity index is 904. The molecule has 5 nitrogen and oxygen atoms in total.